The van der Waals surface area contributed by atoms with Crippen molar-refractivity contribution in [3.63, 3.8) is 0 Å². The highest BCUT2D eigenvalue weighted by molar-refractivity contribution is 7.80. The van der Waals surface area contributed by atoms with E-state index in [0.29, 0.717) is 12.2 Å². The predicted molar refractivity (Wildman–Crippen MR) is 69.3 cm³/mol. The molecule has 0 saturated heterocycles. The fraction of sp³-hybridized carbons (Fsp3) is 0.417. The van der Waals surface area contributed by atoms with Gasteiger partial charge >= 0.3 is 0 Å². The average Bonchev–Trinajstić information content (AvgIpc) is 2.20. The summed E-state index contributed by atoms with van der Waals surface area (Å²) >= 11 is 4.00. The van der Waals surface area contributed by atoms with Crippen LogP contribution in [0.5, 0.6) is 5.75 Å². The molecule has 3 nitrogen and oxygen atoms in total. The van der Waals surface area contributed by atoms with Gasteiger partial charge in [-0.15, -0.1) is 0 Å². The summed E-state index contributed by atoms with van der Waals surface area (Å²) in [6.07, 6.45) is 0.581. The number of rotatable bonds is 5. The molecule has 1 aromatic carbocycles. The molecule has 0 aliphatic heterocycles. The SMILES string of the molecule is CC(C)Oc1ccc(NC(=O)CCS)cc1. The molecule has 0 aromatic heterocycles. The molecule has 0 saturated carbocycles. The Morgan fingerprint density at radius 1 is 1.38 bits per heavy atom. The summed E-state index contributed by atoms with van der Waals surface area (Å²) in [5, 5.41) is 2.78. The summed E-state index contributed by atoms with van der Waals surface area (Å²) in [5.41, 5.74) is 0.780. The summed E-state index contributed by atoms with van der Waals surface area (Å²) in [5.74, 6) is 1.34. The zero-order chi connectivity index (χ0) is 12.0. The molecule has 0 bridgehead atoms. The summed E-state index contributed by atoms with van der Waals surface area (Å²) in [4.78, 5) is 11.3. The number of ether oxygens (including phenoxy) is 1. The second-order valence-electron chi connectivity index (χ2n) is 3.71. The number of amides is 1. The van der Waals surface area contributed by atoms with Crippen LogP contribution in [0.4, 0.5) is 5.69 Å². The molecule has 1 amide bonds. The van der Waals surface area contributed by atoms with Gasteiger partial charge in [-0.2, -0.15) is 12.6 Å². The Bertz CT molecular complexity index is 335. The van der Waals surface area contributed by atoms with Gasteiger partial charge in [0.05, 0.1) is 6.10 Å². The Hall–Kier alpha value is -1.16. The molecule has 0 heterocycles. The minimum atomic E-state index is -0.0208. The van der Waals surface area contributed by atoms with E-state index < -0.39 is 0 Å². The molecule has 1 N–H and O–H groups in total. The number of carbonyl (C=O) groups excluding carboxylic acids is 1. The van der Waals surface area contributed by atoms with Gasteiger partial charge in [0.1, 0.15) is 5.75 Å². The van der Waals surface area contributed by atoms with E-state index in [9.17, 15) is 4.79 Å². The number of nitrogens with one attached hydrogen (secondary N) is 1. The first kappa shape index (κ1) is 12.9. The van der Waals surface area contributed by atoms with E-state index in [0.717, 1.165) is 11.4 Å². The Kier molecular flexibility index (Phi) is 5.19. The van der Waals surface area contributed by atoms with Crippen molar-refractivity contribution in [2.45, 2.75) is 26.4 Å². The first-order valence-corrected chi connectivity index (χ1v) is 5.92. The maximum Gasteiger partial charge on any atom is 0.225 e. The number of anilines is 1. The first-order valence-electron chi connectivity index (χ1n) is 5.29. The highest BCUT2D eigenvalue weighted by atomic mass is 32.1. The molecule has 0 atom stereocenters. The molecule has 1 aromatic rings. The summed E-state index contributed by atoms with van der Waals surface area (Å²) in [6.45, 7) is 3.95. The van der Waals surface area contributed by atoms with Gasteiger partial charge in [0.2, 0.25) is 5.91 Å². The van der Waals surface area contributed by atoms with E-state index in [4.69, 9.17) is 4.74 Å². The van der Waals surface area contributed by atoms with Crippen molar-refractivity contribution in [3.8, 4) is 5.75 Å². The average molecular weight is 239 g/mol. The van der Waals surface area contributed by atoms with Gasteiger partial charge in [0.25, 0.3) is 0 Å². The Morgan fingerprint density at radius 3 is 2.50 bits per heavy atom. The molecule has 0 radical (unpaired) electrons. The van der Waals surface area contributed by atoms with Crippen molar-refractivity contribution in [2.75, 3.05) is 11.1 Å². The largest absolute Gasteiger partial charge is 0.491 e. The van der Waals surface area contributed by atoms with E-state index in [1.807, 2.05) is 38.1 Å². The number of benzene rings is 1. The molecule has 4 heteroatoms. The predicted octanol–water partition coefficient (Wildman–Crippen LogP) is 2.73. The third kappa shape index (κ3) is 4.57. The third-order valence-electron chi connectivity index (χ3n) is 1.85. The molecule has 0 aliphatic rings. The van der Waals surface area contributed by atoms with Crippen molar-refractivity contribution in [1.82, 2.24) is 0 Å². The second-order valence-corrected chi connectivity index (χ2v) is 4.16. The van der Waals surface area contributed by atoms with Crippen molar-refractivity contribution in [2.24, 2.45) is 0 Å². The molecule has 1 rings (SSSR count). The maximum absolute atomic E-state index is 11.3. The Labute approximate surface area is 102 Å². The first-order chi connectivity index (χ1) is 7.61. The van der Waals surface area contributed by atoms with Crippen molar-refractivity contribution in [3.05, 3.63) is 24.3 Å². The smallest absolute Gasteiger partial charge is 0.225 e. The minimum absolute atomic E-state index is 0.0208. The number of carbonyl (C=O) groups is 1. The molecular weight excluding hydrogens is 222 g/mol. The molecule has 0 fully saturated rings. The maximum atomic E-state index is 11.3. The zero-order valence-corrected chi connectivity index (χ0v) is 10.5. The lowest BCUT2D eigenvalue weighted by Gasteiger charge is -2.10. The lowest BCUT2D eigenvalue weighted by Crippen LogP contribution is -2.11. The third-order valence-corrected chi connectivity index (χ3v) is 2.07. The van der Waals surface area contributed by atoms with Crippen LogP contribution in [0.2, 0.25) is 0 Å². The number of hydrogen-bond acceptors (Lipinski definition) is 3. The molecule has 0 aliphatic carbocycles. The van der Waals surface area contributed by atoms with Crippen LogP contribution >= 0.6 is 12.6 Å². The number of thiol groups is 1. The van der Waals surface area contributed by atoms with Crippen molar-refractivity contribution < 1.29 is 9.53 Å². The second kappa shape index (κ2) is 6.43. The molecule has 16 heavy (non-hydrogen) atoms. The molecular formula is C12H17NO2S. The van der Waals surface area contributed by atoms with Gasteiger partial charge < -0.3 is 10.1 Å². The van der Waals surface area contributed by atoms with E-state index in [1.165, 1.54) is 0 Å². The highest BCUT2D eigenvalue weighted by Crippen LogP contribution is 2.16. The van der Waals surface area contributed by atoms with Crippen LogP contribution in [0.15, 0.2) is 24.3 Å². The Morgan fingerprint density at radius 2 is 2.00 bits per heavy atom. The van der Waals surface area contributed by atoms with Crippen LogP contribution in [-0.4, -0.2) is 17.8 Å². The Balaban J connectivity index is 2.54. The van der Waals surface area contributed by atoms with Crippen LogP contribution in [0.1, 0.15) is 20.3 Å². The summed E-state index contributed by atoms with van der Waals surface area (Å²) < 4.78 is 5.50. The van der Waals surface area contributed by atoms with Crippen LogP contribution in [0.25, 0.3) is 0 Å². The minimum Gasteiger partial charge on any atom is -0.491 e. The lowest BCUT2D eigenvalue weighted by atomic mass is 10.3. The van der Waals surface area contributed by atoms with Gasteiger partial charge in [-0.25, -0.2) is 0 Å². The normalized spacial score (nSPS) is 10.2. The van der Waals surface area contributed by atoms with Gasteiger partial charge in [0.15, 0.2) is 0 Å². The molecule has 0 spiro atoms. The van der Waals surface area contributed by atoms with E-state index in [1.54, 1.807) is 0 Å². The van der Waals surface area contributed by atoms with E-state index in [-0.39, 0.29) is 12.0 Å². The quantitative estimate of drug-likeness (QED) is 0.775. The van der Waals surface area contributed by atoms with Crippen molar-refractivity contribution >= 4 is 24.2 Å². The zero-order valence-electron chi connectivity index (χ0n) is 9.56. The molecule has 0 unspecified atom stereocenters. The van der Waals surface area contributed by atoms with Crippen LogP contribution in [-0.2, 0) is 4.79 Å². The standard InChI is InChI=1S/C12H17NO2S/c1-9(2)15-11-5-3-10(4-6-11)13-12(14)7-8-16/h3-6,9,16H,7-8H2,1-2H3,(H,13,14). The van der Waals surface area contributed by atoms with Crippen LogP contribution < -0.4 is 10.1 Å². The lowest BCUT2D eigenvalue weighted by molar-refractivity contribution is -0.115. The van der Waals surface area contributed by atoms with Crippen LogP contribution in [0, 0.1) is 0 Å². The fourth-order valence-electron chi connectivity index (χ4n) is 1.21. The van der Waals surface area contributed by atoms with Crippen LogP contribution in [0.3, 0.4) is 0 Å². The van der Waals surface area contributed by atoms with Gasteiger partial charge in [-0.1, -0.05) is 0 Å². The van der Waals surface area contributed by atoms with Crippen molar-refractivity contribution in [1.29, 1.82) is 0 Å². The monoisotopic (exact) mass is 239 g/mol. The highest BCUT2D eigenvalue weighted by Gasteiger charge is 2.01. The molecule has 88 valence electrons. The van der Waals surface area contributed by atoms with Gasteiger partial charge in [-0.05, 0) is 43.9 Å². The summed E-state index contributed by atoms with van der Waals surface area (Å²) in [7, 11) is 0. The fourth-order valence-corrected chi connectivity index (χ4v) is 1.42. The number of hydrogen-bond donors (Lipinski definition) is 2. The topological polar surface area (TPSA) is 38.3 Å². The van der Waals surface area contributed by atoms with Gasteiger partial charge in [0, 0.05) is 12.1 Å². The van der Waals surface area contributed by atoms with Gasteiger partial charge in [-0.3, -0.25) is 4.79 Å². The van der Waals surface area contributed by atoms with E-state index >= 15 is 0 Å². The van der Waals surface area contributed by atoms with E-state index in [2.05, 4.69) is 17.9 Å². The summed E-state index contributed by atoms with van der Waals surface area (Å²) in [6, 6.07) is 7.34.